The van der Waals surface area contributed by atoms with Crippen molar-refractivity contribution in [3.8, 4) is 0 Å². The normalized spacial score (nSPS) is 19.9. The second-order valence-electron chi connectivity index (χ2n) is 7.17. The van der Waals surface area contributed by atoms with Gasteiger partial charge in [0.15, 0.2) is 0 Å². The summed E-state index contributed by atoms with van der Waals surface area (Å²) < 4.78 is 0. The maximum Gasteiger partial charge on any atom is 0.325 e. The molecule has 1 aliphatic heterocycles. The van der Waals surface area contributed by atoms with Gasteiger partial charge in [0.25, 0.3) is 5.91 Å². The summed E-state index contributed by atoms with van der Waals surface area (Å²) >= 11 is 0. The summed E-state index contributed by atoms with van der Waals surface area (Å²) in [5.74, 6) is -0.467. The van der Waals surface area contributed by atoms with Crippen LogP contribution in [0.4, 0.5) is 4.79 Å². The third-order valence-electron chi connectivity index (χ3n) is 4.61. The Balaban J connectivity index is 1.88. The van der Waals surface area contributed by atoms with Crippen LogP contribution >= 0.6 is 0 Å². The summed E-state index contributed by atoms with van der Waals surface area (Å²) in [6, 6.07) is 12.8. The van der Waals surface area contributed by atoms with Gasteiger partial charge in [0.05, 0.1) is 0 Å². The summed E-state index contributed by atoms with van der Waals surface area (Å²) in [6.45, 7) is 5.86. The number of nitrogens with zero attached hydrogens (tertiary/aromatic N) is 1. The van der Waals surface area contributed by atoms with Crippen molar-refractivity contribution in [1.82, 2.24) is 15.5 Å². The Bertz CT molecular complexity index is 872. The molecule has 0 bridgehead atoms. The molecule has 1 heterocycles. The zero-order chi connectivity index (χ0) is 18.9. The Kier molecular flexibility index (Phi) is 4.68. The number of hydrogen-bond donors (Lipinski definition) is 2. The van der Waals surface area contributed by atoms with Crippen LogP contribution in [0.25, 0.3) is 10.8 Å². The molecule has 0 radical (unpaired) electrons. The van der Waals surface area contributed by atoms with Gasteiger partial charge in [-0.3, -0.25) is 14.5 Å². The minimum atomic E-state index is -1.20. The molecular weight excluding hydrogens is 330 g/mol. The van der Waals surface area contributed by atoms with Gasteiger partial charge in [-0.05, 0) is 29.2 Å². The van der Waals surface area contributed by atoms with E-state index in [4.69, 9.17) is 0 Å². The van der Waals surface area contributed by atoms with Crippen molar-refractivity contribution >= 4 is 28.6 Å². The molecule has 1 fully saturated rings. The first-order chi connectivity index (χ1) is 12.3. The van der Waals surface area contributed by atoms with Crippen molar-refractivity contribution in [1.29, 1.82) is 0 Å². The molecule has 0 aliphatic carbocycles. The van der Waals surface area contributed by atoms with Gasteiger partial charge >= 0.3 is 6.03 Å². The number of carbonyl (C=O) groups excluding carboxylic acids is 3. The number of urea groups is 1. The van der Waals surface area contributed by atoms with Crippen molar-refractivity contribution < 1.29 is 14.4 Å². The molecule has 1 atom stereocenters. The van der Waals surface area contributed by atoms with Crippen LogP contribution in [-0.2, 0) is 15.1 Å². The molecule has 26 heavy (non-hydrogen) atoms. The number of fused-ring (bicyclic) bond motifs is 1. The molecule has 136 valence electrons. The number of carbonyl (C=O) groups is 3. The fourth-order valence-electron chi connectivity index (χ4n) is 3.20. The molecule has 1 aliphatic rings. The Morgan fingerprint density at radius 3 is 2.58 bits per heavy atom. The number of rotatable bonds is 5. The lowest BCUT2D eigenvalue weighted by Crippen LogP contribution is -2.43. The average molecular weight is 353 g/mol. The van der Waals surface area contributed by atoms with E-state index < -0.39 is 17.5 Å². The maximum atomic E-state index is 13.0. The van der Waals surface area contributed by atoms with E-state index in [1.54, 1.807) is 6.92 Å². The molecule has 6 heteroatoms. The van der Waals surface area contributed by atoms with Crippen molar-refractivity contribution in [2.45, 2.75) is 26.3 Å². The van der Waals surface area contributed by atoms with Crippen LogP contribution in [-0.4, -0.2) is 35.8 Å². The molecule has 0 saturated carbocycles. The molecule has 6 nitrogen and oxygen atoms in total. The Labute approximate surface area is 152 Å². The predicted octanol–water partition coefficient (Wildman–Crippen LogP) is 2.38. The fourth-order valence-corrected chi connectivity index (χ4v) is 3.20. The molecular formula is C20H23N3O3. The average Bonchev–Trinajstić information content (AvgIpc) is 2.83. The molecule has 2 aromatic carbocycles. The summed E-state index contributed by atoms with van der Waals surface area (Å²) in [6.07, 6.45) is 0. The van der Waals surface area contributed by atoms with E-state index in [-0.39, 0.29) is 12.5 Å². The number of benzene rings is 2. The molecule has 3 rings (SSSR count). The van der Waals surface area contributed by atoms with E-state index in [2.05, 4.69) is 10.6 Å². The SMILES string of the molecule is CC(C)CNC(=O)CN1C(=O)NC(C)(c2cccc3ccccc23)C1=O. The van der Waals surface area contributed by atoms with Crippen molar-refractivity contribution in [3.05, 3.63) is 48.0 Å². The maximum absolute atomic E-state index is 13.0. The molecule has 2 N–H and O–H groups in total. The molecule has 1 saturated heterocycles. The first-order valence-electron chi connectivity index (χ1n) is 8.72. The van der Waals surface area contributed by atoms with Crippen LogP contribution in [0.3, 0.4) is 0 Å². The van der Waals surface area contributed by atoms with Crippen LogP contribution in [0, 0.1) is 5.92 Å². The lowest BCUT2D eigenvalue weighted by Gasteiger charge is -2.24. The first kappa shape index (κ1) is 17.9. The Morgan fingerprint density at radius 2 is 1.85 bits per heavy atom. The van der Waals surface area contributed by atoms with Gasteiger partial charge < -0.3 is 10.6 Å². The van der Waals surface area contributed by atoms with Gasteiger partial charge in [-0.1, -0.05) is 56.3 Å². The monoisotopic (exact) mass is 353 g/mol. The lowest BCUT2D eigenvalue weighted by atomic mass is 9.88. The third kappa shape index (κ3) is 3.14. The highest BCUT2D eigenvalue weighted by Gasteiger charge is 2.50. The van der Waals surface area contributed by atoms with Gasteiger partial charge in [-0.25, -0.2) is 4.79 Å². The number of imide groups is 1. The summed E-state index contributed by atoms with van der Waals surface area (Å²) in [5.41, 5.74) is -0.477. The Hall–Kier alpha value is -2.89. The van der Waals surface area contributed by atoms with Crippen LogP contribution in [0.2, 0.25) is 0 Å². The lowest BCUT2D eigenvalue weighted by molar-refractivity contribution is -0.134. The molecule has 1 unspecified atom stereocenters. The van der Waals surface area contributed by atoms with Gasteiger partial charge in [-0.15, -0.1) is 0 Å². The second-order valence-corrected chi connectivity index (χ2v) is 7.17. The highest BCUT2D eigenvalue weighted by molar-refractivity contribution is 6.10. The Morgan fingerprint density at radius 1 is 1.15 bits per heavy atom. The summed E-state index contributed by atoms with van der Waals surface area (Å²) in [4.78, 5) is 38.5. The van der Waals surface area contributed by atoms with E-state index in [0.29, 0.717) is 12.5 Å². The van der Waals surface area contributed by atoms with Crippen LogP contribution in [0.1, 0.15) is 26.3 Å². The zero-order valence-electron chi connectivity index (χ0n) is 15.2. The minimum Gasteiger partial charge on any atom is -0.354 e. The third-order valence-corrected chi connectivity index (χ3v) is 4.61. The van der Waals surface area contributed by atoms with E-state index >= 15 is 0 Å². The zero-order valence-corrected chi connectivity index (χ0v) is 15.2. The topological polar surface area (TPSA) is 78.5 Å². The van der Waals surface area contributed by atoms with Gasteiger partial charge in [0.2, 0.25) is 5.91 Å². The first-order valence-corrected chi connectivity index (χ1v) is 8.72. The van der Waals surface area contributed by atoms with Crippen LogP contribution in [0.15, 0.2) is 42.5 Å². The largest absolute Gasteiger partial charge is 0.354 e. The van der Waals surface area contributed by atoms with Crippen molar-refractivity contribution in [2.75, 3.05) is 13.1 Å². The van der Waals surface area contributed by atoms with Crippen LogP contribution in [0.5, 0.6) is 0 Å². The van der Waals surface area contributed by atoms with Crippen molar-refractivity contribution in [2.24, 2.45) is 5.92 Å². The highest BCUT2D eigenvalue weighted by atomic mass is 16.2. The number of nitrogens with one attached hydrogen (secondary N) is 2. The number of hydrogen-bond acceptors (Lipinski definition) is 3. The number of amides is 4. The fraction of sp³-hybridized carbons (Fsp3) is 0.350. The van der Waals surface area contributed by atoms with E-state index in [1.165, 1.54) is 0 Å². The van der Waals surface area contributed by atoms with E-state index in [0.717, 1.165) is 21.2 Å². The van der Waals surface area contributed by atoms with Crippen molar-refractivity contribution in [3.63, 3.8) is 0 Å². The minimum absolute atomic E-state index is 0.280. The molecule has 0 spiro atoms. The van der Waals surface area contributed by atoms with E-state index in [9.17, 15) is 14.4 Å². The van der Waals surface area contributed by atoms with Gasteiger partial charge in [0, 0.05) is 6.54 Å². The molecule has 0 aromatic heterocycles. The molecule has 4 amide bonds. The smallest absolute Gasteiger partial charge is 0.325 e. The molecule has 2 aromatic rings. The van der Waals surface area contributed by atoms with Crippen LogP contribution < -0.4 is 10.6 Å². The quantitative estimate of drug-likeness (QED) is 0.810. The standard InChI is InChI=1S/C20H23N3O3/c1-13(2)11-21-17(24)12-23-18(25)20(3,22-19(23)26)16-10-6-8-14-7-4-5-9-15(14)16/h4-10,13H,11-12H2,1-3H3,(H,21,24)(H,22,26). The van der Waals surface area contributed by atoms with Gasteiger partial charge in [0.1, 0.15) is 12.1 Å². The van der Waals surface area contributed by atoms with E-state index in [1.807, 2.05) is 56.3 Å². The predicted molar refractivity (Wildman–Crippen MR) is 99.4 cm³/mol. The second kappa shape index (κ2) is 6.78. The summed E-state index contributed by atoms with van der Waals surface area (Å²) in [5, 5.41) is 7.39. The summed E-state index contributed by atoms with van der Waals surface area (Å²) in [7, 11) is 0. The van der Waals surface area contributed by atoms with Gasteiger partial charge in [-0.2, -0.15) is 0 Å². The highest BCUT2D eigenvalue weighted by Crippen LogP contribution is 2.33.